The van der Waals surface area contributed by atoms with Crippen LogP contribution in [0.1, 0.15) is 28.0 Å². The molecule has 1 amide bonds. The third-order valence-electron chi connectivity index (χ3n) is 3.31. The van der Waals surface area contributed by atoms with Gasteiger partial charge in [-0.1, -0.05) is 0 Å². The van der Waals surface area contributed by atoms with Crippen LogP contribution in [0.5, 0.6) is 11.5 Å². The molecule has 2 rings (SSSR count). The van der Waals surface area contributed by atoms with Crippen LogP contribution in [-0.2, 0) is 0 Å². The van der Waals surface area contributed by atoms with Crippen LogP contribution in [0.3, 0.4) is 0 Å². The number of nitrogens with two attached hydrogens (primary N) is 1. The maximum absolute atomic E-state index is 12.4. The highest BCUT2D eigenvalue weighted by Crippen LogP contribution is 2.26. The lowest BCUT2D eigenvalue weighted by Crippen LogP contribution is -2.14. The van der Waals surface area contributed by atoms with E-state index in [9.17, 15) is 4.79 Å². The Bertz CT molecular complexity index is 669. The van der Waals surface area contributed by atoms with Crippen molar-refractivity contribution in [1.82, 2.24) is 4.98 Å². The van der Waals surface area contributed by atoms with E-state index in [0.717, 1.165) is 17.2 Å². The monoisotopic (exact) mass is 367 g/mol. The van der Waals surface area contributed by atoms with Crippen LogP contribution in [0.15, 0.2) is 23.6 Å². The molecule has 0 aliphatic carbocycles. The van der Waals surface area contributed by atoms with Gasteiger partial charge in [-0.3, -0.25) is 4.79 Å². The van der Waals surface area contributed by atoms with Crippen molar-refractivity contribution in [2.24, 2.45) is 5.73 Å². The summed E-state index contributed by atoms with van der Waals surface area (Å²) in [5.41, 5.74) is 7.03. The summed E-state index contributed by atoms with van der Waals surface area (Å²) >= 11 is 3.15. The fraction of sp³-hybridized carbons (Fsp3) is 0.375. The largest absolute Gasteiger partial charge is 0.497 e. The summed E-state index contributed by atoms with van der Waals surface area (Å²) in [7, 11) is 3.12. The van der Waals surface area contributed by atoms with E-state index in [2.05, 4.69) is 10.3 Å². The summed E-state index contributed by atoms with van der Waals surface area (Å²) in [5, 5.41) is 5.30. The van der Waals surface area contributed by atoms with E-state index in [1.807, 2.05) is 6.26 Å². The van der Waals surface area contributed by atoms with Gasteiger partial charge < -0.3 is 20.5 Å². The molecule has 1 atom stereocenters. The van der Waals surface area contributed by atoms with Crippen molar-refractivity contribution in [3.63, 3.8) is 0 Å². The summed E-state index contributed by atoms with van der Waals surface area (Å²) in [5.74, 6) is 1.88. The van der Waals surface area contributed by atoms with Gasteiger partial charge in [-0.25, -0.2) is 4.98 Å². The van der Waals surface area contributed by atoms with E-state index < -0.39 is 0 Å². The topological polar surface area (TPSA) is 86.5 Å². The third-order valence-corrected chi connectivity index (χ3v) is 4.93. The molecule has 24 heavy (non-hydrogen) atoms. The lowest BCUT2D eigenvalue weighted by atomic mass is 10.2. The Hall–Kier alpha value is -1.77. The van der Waals surface area contributed by atoms with E-state index in [1.54, 1.807) is 49.6 Å². The van der Waals surface area contributed by atoms with Crippen molar-refractivity contribution in [3.05, 3.63) is 34.3 Å². The Morgan fingerprint density at radius 1 is 1.33 bits per heavy atom. The highest BCUT2D eigenvalue weighted by atomic mass is 32.2. The summed E-state index contributed by atoms with van der Waals surface area (Å²) in [6.45, 7) is 0. The number of aromatic nitrogens is 1. The summed E-state index contributed by atoms with van der Waals surface area (Å²) in [6, 6.07) is 5.04. The molecule has 8 heteroatoms. The quantitative estimate of drug-likeness (QED) is 0.745. The van der Waals surface area contributed by atoms with Crippen LogP contribution in [-0.4, -0.2) is 37.1 Å². The number of carbonyl (C=O) groups excluding carboxylic acids is 1. The Morgan fingerprint density at radius 2 is 2.00 bits per heavy atom. The second kappa shape index (κ2) is 8.91. The number of ether oxygens (including phenoxy) is 2. The Balaban J connectivity index is 2.09. The van der Waals surface area contributed by atoms with Crippen molar-refractivity contribution < 1.29 is 14.3 Å². The van der Waals surface area contributed by atoms with Crippen LogP contribution in [0.2, 0.25) is 0 Å². The molecule has 3 N–H and O–H groups in total. The maximum atomic E-state index is 12.4. The number of nitrogens with zero attached hydrogens (tertiary/aromatic N) is 1. The molecular weight excluding hydrogens is 346 g/mol. The average molecular weight is 367 g/mol. The Kier molecular flexibility index (Phi) is 6.89. The van der Waals surface area contributed by atoms with E-state index in [4.69, 9.17) is 15.2 Å². The first-order valence-electron chi connectivity index (χ1n) is 7.31. The number of rotatable bonds is 8. The molecule has 0 saturated heterocycles. The fourth-order valence-electron chi connectivity index (χ4n) is 2.01. The minimum absolute atomic E-state index is 0.138. The van der Waals surface area contributed by atoms with Gasteiger partial charge in [0.25, 0.3) is 5.91 Å². The highest BCUT2D eigenvalue weighted by molar-refractivity contribution is 7.98. The molecule has 1 heterocycles. The van der Waals surface area contributed by atoms with Crippen molar-refractivity contribution >= 4 is 34.7 Å². The average Bonchev–Trinajstić information content (AvgIpc) is 3.09. The highest BCUT2D eigenvalue weighted by Gasteiger charge is 2.16. The SMILES string of the molecule is COc1cc(NC(=O)c2csc(C(N)CCSC)n2)cc(OC)c1. The molecule has 0 fully saturated rings. The van der Waals surface area contributed by atoms with Crippen molar-refractivity contribution in [2.45, 2.75) is 12.5 Å². The van der Waals surface area contributed by atoms with Gasteiger partial charge in [-0.05, 0) is 18.4 Å². The molecule has 0 aliphatic heterocycles. The molecule has 0 radical (unpaired) electrons. The summed E-state index contributed by atoms with van der Waals surface area (Å²) in [6.07, 6.45) is 2.87. The molecule has 6 nitrogen and oxygen atoms in total. The molecule has 1 aromatic carbocycles. The molecule has 0 aliphatic rings. The predicted octanol–water partition coefficient (Wildman–Crippen LogP) is 3.17. The van der Waals surface area contributed by atoms with Gasteiger partial charge in [0.05, 0.1) is 20.3 Å². The zero-order valence-corrected chi connectivity index (χ0v) is 15.5. The molecule has 1 aromatic heterocycles. The van der Waals surface area contributed by atoms with Gasteiger partial charge >= 0.3 is 0 Å². The van der Waals surface area contributed by atoms with Crippen LogP contribution >= 0.6 is 23.1 Å². The number of nitrogens with one attached hydrogen (secondary N) is 1. The van der Waals surface area contributed by atoms with Gasteiger partial charge in [0.1, 0.15) is 22.2 Å². The normalized spacial score (nSPS) is 11.8. The Labute approximate surface area is 149 Å². The van der Waals surface area contributed by atoms with E-state index >= 15 is 0 Å². The number of thioether (sulfide) groups is 1. The van der Waals surface area contributed by atoms with Gasteiger partial charge in [0.15, 0.2) is 0 Å². The number of anilines is 1. The fourth-order valence-corrected chi connectivity index (χ4v) is 3.33. The maximum Gasteiger partial charge on any atom is 0.275 e. The molecule has 0 spiro atoms. The minimum Gasteiger partial charge on any atom is -0.497 e. The number of thiazole rings is 1. The van der Waals surface area contributed by atoms with Crippen molar-refractivity contribution in [3.8, 4) is 11.5 Å². The minimum atomic E-state index is -0.287. The zero-order chi connectivity index (χ0) is 17.5. The smallest absolute Gasteiger partial charge is 0.275 e. The van der Waals surface area contributed by atoms with Crippen LogP contribution in [0.25, 0.3) is 0 Å². The number of benzene rings is 1. The zero-order valence-electron chi connectivity index (χ0n) is 13.9. The van der Waals surface area contributed by atoms with Crippen LogP contribution in [0.4, 0.5) is 5.69 Å². The number of amides is 1. The summed E-state index contributed by atoms with van der Waals surface area (Å²) < 4.78 is 10.4. The van der Waals surface area contributed by atoms with E-state index in [-0.39, 0.29) is 11.9 Å². The number of carbonyl (C=O) groups is 1. The number of methoxy groups -OCH3 is 2. The molecule has 1 unspecified atom stereocenters. The molecular formula is C16H21N3O3S2. The first kappa shape index (κ1) is 18.6. The second-order valence-corrected chi connectivity index (χ2v) is 6.89. The molecule has 0 saturated carbocycles. The van der Waals surface area contributed by atoms with Gasteiger partial charge in [0.2, 0.25) is 0 Å². The predicted molar refractivity (Wildman–Crippen MR) is 99.5 cm³/mol. The van der Waals surface area contributed by atoms with Crippen molar-refractivity contribution in [2.75, 3.05) is 31.5 Å². The van der Waals surface area contributed by atoms with Gasteiger partial charge in [-0.2, -0.15) is 11.8 Å². The third kappa shape index (κ3) is 4.86. The molecule has 2 aromatic rings. The first-order chi connectivity index (χ1) is 11.6. The van der Waals surface area contributed by atoms with E-state index in [1.165, 1.54) is 11.3 Å². The first-order valence-corrected chi connectivity index (χ1v) is 9.59. The molecule has 130 valence electrons. The summed E-state index contributed by atoms with van der Waals surface area (Å²) in [4.78, 5) is 16.7. The lowest BCUT2D eigenvalue weighted by Gasteiger charge is -2.09. The standard InChI is InChI=1S/C16H21N3O3S2/c1-21-11-6-10(7-12(8-11)22-2)18-15(20)14-9-24-16(19-14)13(17)4-5-23-3/h6-9,13H,4-5,17H2,1-3H3,(H,18,20). The number of hydrogen-bond acceptors (Lipinski definition) is 7. The van der Waals surface area contributed by atoms with Crippen LogP contribution < -0.4 is 20.5 Å². The molecule has 0 bridgehead atoms. The van der Waals surface area contributed by atoms with Crippen molar-refractivity contribution in [1.29, 1.82) is 0 Å². The lowest BCUT2D eigenvalue weighted by molar-refractivity contribution is 0.102. The van der Waals surface area contributed by atoms with E-state index in [0.29, 0.717) is 22.9 Å². The Morgan fingerprint density at radius 3 is 2.58 bits per heavy atom. The number of hydrogen-bond donors (Lipinski definition) is 2. The van der Waals surface area contributed by atoms with Gasteiger partial charge in [-0.15, -0.1) is 11.3 Å². The van der Waals surface area contributed by atoms with Gasteiger partial charge in [0, 0.05) is 29.3 Å². The second-order valence-electron chi connectivity index (χ2n) is 5.01. The van der Waals surface area contributed by atoms with Crippen LogP contribution in [0, 0.1) is 0 Å².